The molecule has 0 amide bonds. The van der Waals surface area contributed by atoms with Gasteiger partial charge in [-0.3, -0.25) is 0 Å². The highest BCUT2D eigenvalue weighted by Crippen LogP contribution is 2.33. The maximum atomic E-state index is 5.46. The van der Waals surface area contributed by atoms with Crippen molar-refractivity contribution in [2.45, 2.75) is 44.6 Å². The van der Waals surface area contributed by atoms with E-state index in [1.54, 1.807) is 7.11 Å². The molecule has 0 spiro atoms. The molecule has 0 radical (unpaired) electrons. The SMILES string of the molecule is CNC(CCC1CCCC1)c1ccccc1OC. The van der Waals surface area contributed by atoms with Crippen molar-refractivity contribution in [2.75, 3.05) is 14.2 Å². The first kappa shape index (κ1) is 13.4. The molecule has 1 saturated carbocycles. The predicted molar refractivity (Wildman–Crippen MR) is 76.0 cm³/mol. The van der Waals surface area contributed by atoms with E-state index in [0.717, 1.165) is 11.7 Å². The lowest BCUT2D eigenvalue weighted by molar-refractivity contribution is 0.386. The van der Waals surface area contributed by atoms with Gasteiger partial charge in [-0.1, -0.05) is 43.9 Å². The first-order valence-corrected chi connectivity index (χ1v) is 7.15. The quantitative estimate of drug-likeness (QED) is 0.822. The van der Waals surface area contributed by atoms with Crippen LogP contribution >= 0.6 is 0 Å². The van der Waals surface area contributed by atoms with E-state index >= 15 is 0 Å². The zero-order valence-corrected chi connectivity index (χ0v) is 11.6. The Hall–Kier alpha value is -1.02. The molecule has 2 nitrogen and oxygen atoms in total. The zero-order valence-electron chi connectivity index (χ0n) is 11.6. The molecule has 1 aliphatic carbocycles. The van der Waals surface area contributed by atoms with Crippen molar-refractivity contribution in [3.8, 4) is 5.75 Å². The second kappa shape index (κ2) is 6.79. The molecular weight excluding hydrogens is 222 g/mol. The Bertz CT molecular complexity index is 358. The number of benzene rings is 1. The van der Waals surface area contributed by atoms with Crippen LogP contribution < -0.4 is 10.1 Å². The maximum absolute atomic E-state index is 5.46. The van der Waals surface area contributed by atoms with Crippen LogP contribution in [0.5, 0.6) is 5.75 Å². The third-order valence-electron chi connectivity index (χ3n) is 4.20. The van der Waals surface area contributed by atoms with E-state index in [2.05, 4.69) is 23.5 Å². The summed E-state index contributed by atoms with van der Waals surface area (Å²) in [7, 11) is 3.80. The number of methoxy groups -OCH3 is 1. The van der Waals surface area contributed by atoms with Gasteiger partial charge in [0.1, 0.15) is 5.75 Å². The molecule has 1 aromatic rings. The van der Waals surface area contributed by atoms with E-state index in [-0.39, 0.29) is 0 Å². The number of para-hydroxylation sites is 1. The smallest absolute Gasteiger partial charge is 0.123 e. The van der Waals surface area contributed by atoms with Gasteiger partial charge in [0.05, 0.1) is 7.11 Å². The molecule has 1 N–H and O–H groups in total. The van der Waals surface area contributed by atoms with Gasteiger partial charge in [-0.25, -0.2) is 0 Å². The molecule has 0 saturated heterocycles. The number of hydrogen-bond donors (Lipinski definition) is 1. The van der Waals surface area contributed by atoms with Crippen molar-refractivity contribution in [1.29, 1.82) is 0 Å². The van der Waals surface area contributed by atoms with Crippen LogP contribution in [0, 0.1) is 5.92 Å². The van der Waals surface area contributed by atoms with Crippen LogP contribution in [0.2, 0.25) is 0 Å². The lowest BCUT2D eigenvalue weighted by Crippen LogP contribution is -2.18. The number of hydrogen-bond acceptors (Lipinski definition) is 2. The van der Waals surface area contributed by atoms with Crippen LogP contribution in [0.3, 0.4) is 0 Å². The van der Waals surface area contributed by atoms with Crippen molar-refractivity contribution in [2.24, 2.45) is 5.92 Å². The molecule has 100 valence electrons. The van der Waals surface area contributed by atoms with Crippen molar-refractivity contribution in [1.82, 2.24) is 5.32 Å². The topological polar surface area (TPSA) is 21.3 Å². The Kier molecular flexibility index (Phi) is 5.06. The third-order valence-corrected chi connectivity index (χ3v) is 4.20. The van der Waals surface area contributed by atoms with Crippen LogP contribution in [0.4, 0.5) is 0 Å². The Morgan fingerprint density at radius 3 is 2.67 bits per heavy atom. The standard InChI is InChI=1S/C16H25NO/c1-17-15(12-11-13-7-3-4-8-13)14-9-5-6-10-16(14)18-2/h5-6,9-10,13,15,17H,3-4,7-8,11-12H2,1-2H3. The summed E-state index contributed by atoms with van der Waals surface area (Å²) >= 11 is 0. The fourth-order valence-corrected chi connectivity index (χ4v) is 3.11. The summed E-state index contributed by atoms with van der Waals surface area (Å²) < 4.78 is 5.46. The summed E-state index contributed by atoms with van der Waals surface area (Å²) in [5.74, 6) is 1.96. The normalized spacial score (nSPS) is 17.9. The molecule has 2 rings (SSSR count). The molecule has 1 aliphatic rings. The molecule has 0 aliphatic heterocycles. The van der Waals surface area contributed by atoms with Crippen LogP contribution in [0.15, 0.2) is 24.3 Å². The Balaban J connectivity index is 1.98. The van der Waals surface area contributed by atoms with Gasteiger partial charge in [-0.15, -0.1) is 0 Å². The lowest BCUT2D eigenvalue weighted by atomic mass is 9.94. The molecule has 1 fully saturated rings. The minimum atomic E-state index is 0.418. The van der Waals surface area contributed by atoms with Crippen molar-refractivity contribution in [3.05, 3.63) is 29.8 Å². The van der Waals surface area contributed by atoms with Gasteiger partial charge < -0.3 is 10.1 Å². The van der Waals surface area contributed by atoms with Gasteiger partial charge >= 0.3 is 0 Å². The van der Waals surface area contributed by atoms with Gasteiger partial charge in [0, 0.05) is 11.6 Å². The molecule has 18 heavy (non-hydrogen) atoms. The van der Waals surface area contributed by atoms with Crippen molar-refractivity contribution in [3.63, 3.8) is 0 Å². The van der Waals surface area contributed by atoms with Crippen LogP contribution in [-0.4, -0.2) is 14.2 Å². The Morgan fingerprint density at radius 1 is 1.28 bits per heavy atom. The van der Waals surface area contributed by atoms with E-state index in [0.29, 0.717) is 6.04 Å². The average Bonchev–Trinajstić information content (AvgIpc) is 2.93. The van der Waals surface area contributed by atoms with E-state index in [1.165, 1.54) is 44.1 Å². The van der Waals surface area contributed by atoms with Gasteiger partial charge in [0.2, 0.25) is 0 Å². The minimum absolute atomic E-state index is 0.418. The summed E-state index contributed by atoms with van der Waals surface area (Å²) in [6, 6.07) is 8.77. The van der Waals surface area contributed by atoms with Crippen LogP contribution in [-0.2, 0) is 0 Å². The van der Waals surface area contributed by atoms with E-state index in [9.17, 15) is 0 Å². The van der Waals surface area contributed by atoms with Crippen molar-refractivity contribution < 1.29 is 4.74 Å². The Morgan fingerprint density at radius 2 is 2.00 bits per heavy atom. The largest absolute Gasteiger partial charge is 0.496 e. The monoisotopic (exact) mass is 247 g/mol. The summed E-state index contributed by atoms with van der Waals surface area (Å²) in [5.41, 5.74) is 1.29. The van der Waals surface area contributed by atoms with E-state index in [1.807, 2.05) is 13.1 Å². The highest BCUT2D eigenvalue weighted by atomic mass is 16.5. The highest BCUT2D eigenvalue weighted by molar-refractivity contribution is 5.35. The first-order chi connectivity index (χ1) is 8.85. The molecule has 1 unspecified atom stereocenters. The molecule has 0 bridgehead atoms. The minimum Gasteiger partial charge on any atom is -0.496 e. The van der Waals surface area contributed by atoms with Crippen molar-refractivity contribution >= 4 is 0 Å². The third kappa shape index (κ3) is 3.26. The molecule has 1 atom stereocenters. The summed E-state index contributed by atoms with van der Waals surface area (Å²) in [6.07, 6.45) is 8.28. The fraction of sp³-hybridized carbons (Fsp3) is 0.625. The Labute approximate surface area is 111 Å². The number of rotatable bonds is 6. The average molecular weight is 247 g/mol. The van der Waals surface area contributed by atoms with Gasteiger partial charge in [0.25, 0.3) is 0 Å². The fourth-order valence-electron chi connectivity index (χ4n) is 3.11. The predicted octanol–water partition coefficient (Wildman–Crippen LogP) is 3.93. The summed E-state index contributed by atoms with van der Waals surface area (Å²) in [5, 5.41) is 3.44. The highest BCUT2D eigenvalue weighted by Gasteiger charge is 2.19. The van der Waals surface area contributed by atoms with Gasteiger partial charge in [-0.2, -0.15) is 0 Å². The maximum Gasteiger partial charge on any atom is 0.123 e. The lowest BCUT2D eigenvalue weighted by Gasteiger charge is -2.20. The van der Waals surface area contributed by atoms with Crippen LogP contribution in [0.1, 0.15) is 50.1 Å². The molecule has 2 heteroatoms. The number of nitrogens with one attached hydrogen (secondary N) is 1. The zero-order chi connectivity index (χ0) is 12.8. The first-order valence-electron chi connectivity index (χ1n) is 7.15. The molecular formula is C16H25NO. The number of ether oxygens (including phenoxy) is 1. The van der Waals surface area contributed by atoms with E-state index < -0.39 is 0 Å². The van der Waals surface area contributed by atoms with E-state index in [4.69, 9.17) is 4.74 Å². The summed E-state index contributed by atoms with van der Waals surface area (Å²) in [6.45, 7) is 0. The molecule has 1 aromatic carbocycles. The van der Waals surface area contributed by atoms with Crippen LogP contribution in [0.25, 0.3) is 0 Å². The van der Waals surface area contributed by atoms with Gasteiger partial charge in [0.15, 0.2) is 0 Å². The van der Waals surface area contributed by atoms with Gasteiger partial charge in [-0.05, 0) is 31.9 Å². The summed E-state index contributed by atoms with van der Waals surface area (Å²) in [4.78, 5) is 0. The molecule has 0 heterocycles. The second-order valence-corrected chi connectivity index (χ2v) is 5.31. The molecule has 0 aromatic heterocycles. The second-order valence-electron chi connectivity index (χ2n) is 5.31.